The first-order valence-electron chi connectivity index (χ1n) is 9.28. The van der Waals surface area contributed by atoms with Crippen LogP contribution in [0.4, 0.5) is 0 Å². The van der Waals surface area contributed by atoms with Crippen LogP contribution in [0.3, 0.4) is 0 Å². The van der Waals surface area contributed by atoms with Crippen LogP contribution in [0.15, 0.2) is 0 Å². The molecule has 0 aromatic rings. The van der Waals surface area contributed by atoms with E-state index in [-0.39, 0.29) is 12.8 Å². The van der Waals surface area contributed by atoms with E-state index >= 15 is 0 Å². The van der Waals surface area contributed by atoms with Crippen molar-refractivity contribution in [3.05, 3.63) is 0 Å². The number of rotatable bonds is 7. The van der Waals surface area contributed by atoms with Crippen LogP contribution >= 0.6 is 0 Å². The minimum absolute atomic E-state index is 0.133. The Kier molecular flexibility index (Phi) is 8.24. The van der Waals surface area contributed by atoms with E-state index in [2.05, 4.69) is 0 Å². The van der Waals surface area contributed by atoms with E-state index in [4.69, 9.17) is 14.2 Å². The molecule has 154 valence electrons. The zero-order chi connectivity index (χ0) is 20.9. The van der Waals surface area contributed by atoms with E-state index in [9.17, 15) is 24.3 Å². The zero-order valence-electron chi connectivity index (χ0n) is 16.8. The fourth-order valence-electron chi connectivity index (χ4n) is 3.22. The molecule has 0 bridgehead atoms. The Morgan fingerprint density at radius 3 is 1.15 bits per heavy atom. The van der Waals surface area contributed by atoms with Crippen molar-refractivity contribution in [2.75, 3.05) is 0 Å². The summed E-state index contributed by atoms with van der Waals surface area (Å²) in [6.07, 6.45) is -1.55. The number of carbonyl (C=O) groups excluding carboxylic acids is 3. The largest absolute Gasteiger partial charge is 0.481 e. The van der Waals surface area contributed by atoms with Gasteiger partial charge < -0.3 is 19.3 Å². The van der Waals surface area contributed by atoms with Crippen molar-refractivity contribution in [1.29, 1.82) is 0 Å². The van der Waals surface area contributed by atoms with Crippen LogP contribution < -0.4 is 0 Å². The fraction of sp³-hybridized carbons (Fsp3) is 0.789. The lowest BCUT2D eigenvalue weighted by atomic mass is 9.68. The van der Waals surface area contributed by atoms with Gasteiger partial charge >= 0.3 is 23.9 Å². The first kappa shape index (κ1) is 22.9. The second-order valence-electron chi connectivity index (χ2n) is 7.69. The van der Waals surface area contributed by atoms with Crippen LogP contribution in [0, 0.1) is 23.7 Å². The number of carboxylic acids is 1. The Morgan fingerprint density at radius 1 is 0.630 bits per heavy atom. The minimum atomic E-state index is -1.21. The second kappa shape index (κ2) is 9.71. The summed E-state index contributed by atoms with van der Waals surface area (Å²) in [6, 6.07) is 0. The molecule has 0 aromatic heterocycles. The van der Waals surface area contributed by atoms with E-state index in [0.29, 0.717) is 0 Å². The summed E-state index contributed by atoms with van der Waals surface area (Å²) in [6.45, 7) is 9.99. The van der Waals surface area contributed by atoms with Gasteiger partial charge in [0.05, 0.1) is 42.0 Å². The van der Waals surface area contributed by atoms with Gasteiger partial charge in [0, 0.05) is 0 Å². The van der Waals surface area contributed by atoms with Gasteiger partial charge in [-0.25, -0.2) is 0 Å². The van der Waals surface area contributed by atoms with Gasteiger partial charge in [0.2, 0.25) is 0 Å². The summed E-state index contributed by atoms with van der Waals surface area (Å²) in [4.78, 5) is 49.2. The van der Waals surface area contributed by atoms with Crippen molar-refractivity contribution >= 4 is 23.9 Å². The van der Waals surface area contributed by atoms with Gasteiger partial charge in [0.15, 0.2) is 0 Å². The predicted molar refractivity (Wildman–Crippen MR) is 94.5 cm³/mol. The summed E-state index contributed by atoms with van der Waals surface area (Å²) < 4.78 is 15.6. The molecule has 0 heterocycles. The van der Waals surface area contributed by atoms with E-state index in [0.717, 1.165) is 0 Å². The Balaban J connectivity index is 3.18. The van der Waals surface area contributed by atoms with Crippen LogP contribution in [0.1, 0.15) is 54.4 Å². The molecule has 4 unspecified atom stereocenters. The third-order valence-electron chi connectivity index (χ3n) is 4.27. The monoisotopic (exact) mass is 386 g/mol. The standard InChI is InChI=1S/C19H30O8/c1-9(2)25-17(22)13-8-15(19(24)27-11(5)6)14(7-12(13)16(20)21)18(23)26-10(3)4/h9-15H,7-8H2,1-6H3,(H,20,21). The van der Waals surface area contributed by atoms with Crippen molar-refractivity contribution in [3.63, 3.8) is 0 Å². The first-order valence-corrected chi connectivity index (χ1v) is 9.28. The lowest BCUT2D eigenvalue weighted by Crippen LogP contribution is -2.47. The van der Waals surface area contributed by atoms with Crippen molar-refractivity contribution in [1.82, 2.24) is 0 Å². The molecule has 1 aliphatic carbocycles. The van der Waals surface area contributed by atoms with Crippen molar-refractivity contribution < 1.29 is 38.5 Å². The molecule has 0 radical (unpaired) electrons. The highest BCUT2D eigenvalue weighted by Gasteiger charge is 2.50. The fourth-order valence-corrected chi connectivity index (χ4v) is 3.22. The molecular formula is C19H30O8. The predicted octanol–water partition coefficient (Wildman–Crippen LogP) is 2.18. The number of aliphatic carboxylic acids is 1. The Hall–Kier alpha value is -2.12. The first-order chi connectivity index (χ1) is 12.4. The third kappa shape index (κ3) is 6.52. The summed E-state index contributed by atoms with van der Waals surface area (Å²) in [5, 5.41) is 9.57. The summed E-state index contributed by atoms with van der Waals surface area (Å²) in [7, 11) is 0. The summed E-state index contributed by atoms with van der Waals surface area (Å²) in [5.74, 6) is -7.29. The van der Waals surface area contributed by atoms with Crippen molar-refractivity contribution in [2.24, 2.45) is 23.7 Å². The molecule has 0 spiro atoms. The molecule has 0 aliphatic heterocycles. The number of hydrogen-bond donors (Lipinski definition) is 1. The molecule has 1 rings (SSSR count). The molecule has 0 aromatic carbocycles. The van der Waals surface area contributed by atoms with Crippen molar-refractivity contribution in [2.45, 2.75) is 72.7 Å². The molecule has 4 atom stereocenters. The third-order valence-corrected chi connectivity index (χ3v) is 4.27. The summed E-state index contributed by atoms with van der Waals surface area (Å²) in [5.41, 5.74) is 0. The van der Waals surface area contributed by atoms with Gasteiger partial charge in [-0.1, -0.05) is 0 Å². The molecule has 0 amide bonds. The highest BCUT2D eigenvalue weighted by atomic mass is 16.6. The van der Waals surface area contributed by atoms with Crippen LogP contribution in [0.25, 0.3) is 0 Å². The number of esters is 3. The van der Waals surface area contributed by atoms with E-state index in [1.807, 2.05) is 0 Å². The maximum Gasteiger partial charge on any atom is 0.310 e. The van der Waals surface area contributed by atoms with Gasteiger partial charge in [-0.05, 0) is 54.4 Å². The molecule has 1 fully saturated rings. The summed E-state index contributed by atoms with van der Waals surface area (Å²) >= 11 is 0. The highest BCUT2D eigenvalue weighted by molar-refractivity contribution is 5.87. The molecule has 1 aliphatic rings. The molecule has 0 saturated heterocycles. The number of carbonyl (C=O) groups is 4. The smallest absolute Gasteiger partial charge is 0.310 e. The van der Waals surface area contributed by atoms with E-state index in [1.54, 1.807) is 41.5 Å². The Morgan fingerprint density at radius 2 is 0.889 bits per heavy atom. The Labute approximate surface area is 159 Å². The lowest BCUT2D eigenvalue weighted by molar-refractivity contribution is -0.177. The molecule has 8 nitrogen and oxygen atoms in total. The molecule has 1 N–H and O–H groups in total. The minimum Gasteiger partial charge on any atom is -0.481 e. The zero-order valence-corrected chi connectivity index (χ0v) is 16.8. The quantitative estimate of drug-likeness (QED) is 0.523. The average Bonchev–Trinajstić information content (AvgIpc) is 2.51. The molecule has 27 heavy (non-hydrogen) atoms. The number of hydrogen-bond acceptors (Lipinski definition) is 7. The maximum absolute atomic E-state index is 12.5. The van der Waals surface area contributed by atoms with Gasteiger partial charge in [0.1, 0.15) is 0 Å². The van der Waals surface area contributed by atoms with Crippen LogP contribution in [0.5, 0.6) is 0 Å². The number of ether oxygens (including phenoxy) is 3. The SMILES string of the molecule is CC(C)OC(=O)C1CC(C(=O)OC(C)C)C(C(=O)OC(C)C)CC1C(=O)O. The highest BCUT2D eigenvalue weighted by Crippen LogP contribution is 2.41. The maximum atomic E-state index is 12.5. The van der Waals surface area contributed by atoms with Crippen LogP contribution in [-0.4, -0.2) is 47.3 Å². The van der Waals surface area contributed by atoms with Gasteiger partial charge in [-0.2, -0.15) is 0 Å². The molecule has 1 saturated carbocycles. The Bertz CT molecular complexity index is 566. The van der Waals surface area contributed by atoms with Crippen molar-refractivity contribution in [3.8, 4) is 0 Å². The van der Waals surface area contributed by atoms with E-state index in [1.165, 1.54) is 0 Å². The van der Waals surface area contributed by atoms with Gasteiger partial charge in [-0.15, -0.1) is 0 Å². The normalized spacial score (nSPS) is 25.4. The average molecular weight is 386 g/mol. The topological polar surface area (TPSA) is 116 Å². The molecule has 8 heteroatoms. The van der Waals surface area contributed by atoms with Gasteiger partial charge in [0.25, 0.3) is 0 Å². The number of carboxylic acid groups (broad SMARTS) is 1. The lowest BCUT2D eigenvalue weighted by Gasteiger charge is -2.37. The van der Waals surface area contributed by atoms with E-state index < -0.39 is 65.9 Å². The van der Waals surface area contributed by atoms with Crippen LogP contribution in [0.2, 0.25) is 0 Å². The second-order valence-corrected chi connectivity index (χ2v) is 7.69. The van der Waals surface area contributed by atoms with Gasteiger partial charge in [-0.3, -0.25) is 19.2 Å². The van der Waals surface area contributed by atoms with Crippen LogP contribution in [-0.2, 0) is 33.4 Å². The molecular weight excluding hydrogens is 356 g/mol.